The van der Waals surface area contributed by atoms with Crippen LogP contribution in [0, 0.1) is 0 Å². The summed E-state index contributed by atoms with van der Waals surface area (Å²) in [6, 6.07) is -1.58. The number of carbonyl (C=O) groups is 3. The lowest BCUT2D eigenvalue weighted by Crippen LogP contribution is -2.34. The molecular formula is C44H76NO13P. The summed E-state index contributed by atoms with van der Waals surface area (Å²) in [7, 11) is -4.82. The number of ether oxygens (including phenoxy) is 2. The van der Waals surface area contributed by atoms with Crippen LogP contribution < -0.4 is 5.73 Å². The normalized spacial score (nSPS) is 15.9. The number of carboxylic acid groups (broad SMARTS) is 1. The second kappa shape index (κ2) is 38.0. The van der Waals surface area contributed by atoms with Gasteiger partial charge in [-0.25, -0.2) is 4.57 Å². The molecule has 0 aromatic carbocycles. The highest BCUT2D eigenvalue weighted by Crippen LogP contribution is 2.43. The summed E-state index contributed by atoms with van der Waals surface area (Å²) in [4.78, 5) is 46.0. The quantitative estimate of drug-likeness (QED) is 0.0113. The number of phosphoric acid groups is 1. The standard InChI is InChI=1S/C44H76NO13P/c1-3-5-7-8-9-10-11-12-13-14-15-16-17-22-26-32-42(49)55-34-38(35-56-59(53,54)57-36-39(45)44(51)52)58-43(50)33-27-31-41(48)40(47)30-25-21-19-18-20-24-29-37(46)28-23-6-4-2/h12-13,18-21,24-25,29-30,37-41,46-48H,3-11,14-17,22-23,26-28,31-36,45H2,1-2H3,(H,51,52)(H,53,54)/b13-12-,20-18+,21-19-,29-24-,30-25-. The number of esters is 2. The van der Waals surface area contributed by atoms with Crippen LogP contribution in [0.3, 0.4) is 0 Å². The molecule has 340 valence electrons. The van der Waals surface area contributed by atoms with E-state index in [0.717, 1.165) is 64.2 Å². The van der Waals surface area contributed by atoms with Crippen LogP contribution in [0.4, 0.5) is 0 Å². The summed E-state index contributed by atoms with van der Waals surface area (Å²) < 4.78 is 32.4. The number of carbonyl (C=O) groups excluding carboxylic acids is 2. The van der Waals surface area contributed by atoms with Gasteiger partial charge in [-0.05, 0) is 51.4 Å². The van der Waals surface area contributed by atoms with Crippen molar-refractivity contribution < 1.29 is 62.8 Å². The van der Waals surface area contributed by atoms with Gasteiger partial charge in [0.2, 0.25) is 0 Å². The Bertz CT molecular complexity index is 1290. The van der Waals surface area contributed by atoms with Crippen LogP contribution in [-0.2, 0) is 37.5 Å². The van der Waals surface area contributed by atoms with Gasteiger partial charge >= 0.3 is 25.7 Å². The molecule has 0 rings (SSSR count). The number of unbranched alkanes of at least 4 members (excludes halogenated alkanes) is 13. The topological polar surface area (TPSA) is 232 Å². The number of phosphoric ester groups is 1. The molecule has 0 aromatic rings. The lowest BCUT2D eigenvalue weighted by Gasteiger charge is -2.20. The Hall–Kier alpha value is -2.94. The third-order valence-corrected chi connectivity index (χ3v) is 10.1. The predicted octanol–water partition coefficient (Wildman–Crippen LogP) is 8.08. The zero-order valence-electron chi connectivity index (χ0n) is 35.7. The molecular weight excluding hydrogens is 781 g/mol. The SMILES string of the molecule is CCCCCCCC/C=C\CCCCCCCC(=O)OCC(COP(=O)(O)OCC(N)C(=O)O)OC(=O)CCCC(O)C(O)\C=C/C=C\C=C\C=C/C(O)CCCCC. The van der Waals surface area contributed by atoms with Gasteiger partial charge in [-0.1, -0.05) is 145 Å². The second-order valence-corrected chi connectivity index (χ2v) is 16.1. The van der Waals surface area contributed by atoms with E-state index in [2.05, 4.69) is 30.5 Å². The average Bonchev–Trinajstić information content (AvgIpc) is 3.20. The monoisotopic (exact) mass is 858 g/mol. The molecule has 0 aromatic heterocycles. The lowest BCUT2D eigenvalue weighted by atomic mass is 10.1. The van der Waals surface area contributed by atoms with Gasteiger partial charge in [0, 0.05) is 12.8 Å². The zero-order chi connectivity index (χ0) is 44.0. The molecule has 0 aliphatic carbocycles. The molecule has 0 aliphatic heterocycles. The molecule has 15 heteroatoms. The van der Waals surface area contributed by atoms with Crippen LogP contribution in [0.2, 0.25) is 0 Å². The van der Waals surface area contributed by atoms with E-state index < -0.39 is 76.0 Å². The number of nitrogens with two attached hydrogens (primary N) is 1. The molecule has 0 bridgehead atoms. The first kappa shape index (κ1) is 56.1. The Kier molecular flexibility index (Phi) is 36.1. The van der Waals surface area contributed by atoms with Crippen molar-refractivity contribution in [2.24, 2.45) is 5.73 Å². The molecule has 0 saturated heterocycles. The number of allylic oxidation sites excluding steroid dienone is 8. The molecule has 0 fully saturated rings. The molecule has 6 unspecified atom stereocenters. The van der Waals surface area contributed by atoms with Gasteiger partial charge in [-0.15, -0.1) is 0 Å². The molecule has 0 saturated carbocycles. The van der Waals surface area contributed by atoms with Gasteiger partial charge in [0.15, 0.2) is 6.10 Å². The van der Waals surface area contributed by atoms with Crippen molar-refractivity contribution in [3.63, 3.8) is 0 Å². The Morgan fingerprint density at radius 1 is 0.627 bits per heavy atom. The van der Waals surface area contributed by atoms with Gasteiger partial charge in [0.1, 0.15) is 12.6 Å². The van der Waals surface area contributed by atoms with E-state index >= 15 is 0 Å². The van der Waals surface area contributed by atoms with Gasteiger partial charge in [-0.3, -0.25) is 23.4 Å². The fourth-order valence-corrected chi connectivity index (χ4v) is 6.28. The molecule has 0 aliphatic rings. The van der Waals surface area contributed by atoms with Crippen molar-refractivity contribution in [2.45, 2.75) is 179 Å². The van der Waals surface area contributed by atoms with Crippen molar-refractivity contribution >= 4 is 25.7 Å². The first-order valence-corrected chi connectivity index (χ1v) is 23.1. The summed E-state index contributed by atoms with van der Waals surface area (Å²) in [6.07, 6.45) is 32.2. The summed E-state index contributed by atoms with van der Waals surface area (Å²) in [5.41, 5.74) is 5.31. The maximum Gasteiger partial charge on any atom is 0.472 e. The highest BCUT2D eigenvalue weighted by atomic mass is 31.2. The van der Waals surface area contributed by atoms with Crippen molar-refractivity contribution in [1.29, 1.82) is 0 Å². The second-order valence-electron chi connectivity index (χ2n) is 14.7. The highest BCUT2D eigenvalue weighted by molar-refractivity contribution is 7.47. The zero-order valence-corrected chi connectivity index (χ0v) is 36.6. The average molecular weight is 858 g/mol. The van der Waals surface area contributed by atoms with Crippen LogP contribution in [0.5, 0.6) is 0 Å². The van der Waals surface area contributed by atoms with Crippen LogP contribution >= 0.6 is 7.82 Å². The van der Waals surface area contributed by atoms with Crippen LogP contribution in [0.1, 0.15) is 149 Å². The number of carboxylic acids is 1. The summed E-state index contributed by atoms with van der Waals surface area (Å²) in [6.45, 7) is 2.32. The first-order chi connectivity index (χ1) is 28.3. The number of aliphatic carboxylic acids is 1. The largest absolute Gasteiger partial charge is 0.480 e. The third-order valence-electron chi connectivity index (χ3n) is 9.10. The van der Waals surface area contributed by atoms with Crippen LogP contribution in [0.25, 0.3) is 0 Å². The van der Waals surface area contributed by atoms with E-state index in [9.17, 15) is 39.2 Å². The molecule has 0 amide bonds. The molecule has 0 spiro atoms. The minimum Gasteiger partial charge on any atom is -0.480 e. The Morgan fingerprint density at radius 3 is 1.78 bits per heavy atom. The molecule has 7 N–H and O–H groups in total. The Labute approximate surface area is 353 Å². The van der Waals surface area contributed by atoms with E-state index in [0.29, 0.717) is 6.42 Å². The number of aliphatic hydroxyl groups is 3. The molecule has 0 radical (unpaired) electrons. The Morgan fingerprint density at radius 2 is 1.15 bits per heavy atom. The third kappa shape index (κ3) is 36.6. The summed E-state index contributed by atoms with van der Waals surface area (Å²) in [5.74, 6) is -2.77. The van der Waals surface area contributed by atoms with Crippen molar-refractivity contribution in [2.75, 3.05) is 19.8 Å². The first-order valence-electron chi connectivity index (χ1n) is 21.6. The van der Waals surface area contributed by atoms with Gasteiger partial charge in [-0.2, -0.15) is 0 Å². The number of hydrogen-bond donors (Lipinski definition) is 6. The van der Waals surface area contributed by atoms with Gasteiger partial charge in [0.05, 0.1) is 31.5 Å². The van der Waals surface area contributed by atoms with E-state index in [1.54, 1.807) is 42.5 Å². The lowest BCUT2D eigenvalue weighted by molar-refractivity contribution is -0.161. The molecule has 59 heavy (non-hydrogen) atoms. The maximum atomic E-state index is 12.6. The van der Waals surface area contributed by atoms with Crippen LogP contribution in [0.15, 0.2) is 60.8 Å². The molecule has 0 heterocycles. The van der Waals surface area contributed by atoms with E-state index in [4.69, 9.17) is 24.8 Å². The van der Waals surface area contributed by atoms with E-state index in [-0.39, 0.29) is 25.7 Å². The minimum atomic E-state index is -4.82. The van der Waals surface area contributed by atoms with Crippen molar-refractivity contribution in [1.82, 2.24) is 0 Å². The van der Waals surface area contributed by atoms with Crippen LogP contribution in [-0.4, -0.2) is 93.5 Å². The number of aliphatic hydroxyl groups excluding tert-OH is 3. The minimum absolute atomic E-state index is 0.0468. The van der Waals surface area contributed by atoms with E-state index in [1.807, 2.05) is 0 Å². The summed E-state index contributed by atoms with van der Waals surface area (Å²) >= 11 is 0. The number of hydrogen-bond acceptors (Lipinski definition) is 12. The van der Waals surface area contributed by atoms with Crippen molar-refractivity contribution in [3.8, 4) is 0 Å². The summed E-state index contributed by atoms with van der Waals surface area (Å²) in [5, 5.41) is 39.4. The molecule has 14 nitrogen and oxygen atoms in total. The van der Waals surface area contributed by atoms with E-state index in [1.165, 1.54) is 44.6 Å². The predicted molar refractivity (Wildman–Crippen MR) is 230 cm³/mol. The fraction of sp³-hybridized carbons (Fsp3) is 0.705. The maximum absolute atomic E-state index is 12.6. The number of rotatable bonds is 39. The smallest absolute Gasteiger partial charge is 0.472 e. The Balaban J connectivity index is 4.74. The highest BCUT2D eigenvalue weighted by Gasteiger charge is 2.28. The fourth-order valence-electron chi connectivity index (χ4n) is 5.50. The van der Waals surface area contributed by atoms with Crippen molar-refractivity contribution in [3.05, 3.63) is 60.8 Å². The molecule has 6 atom stereocenters. The van der Waals surface area contributed by atoms with Gasteiger partial charge < -0.3 is 40.5 Å². The van der Waals surface area contributed by atoms with Gasteiger partial charge in [0.25, 0.3) is 0 Å².